The molecule has 0 rings (SSSR count). The van der Waals surface area contributed by atoms with Crippen LogP contribution < -0.4 is 5.73 Å². The van der Waals surface area contributed by atoms with Crippen LogP contribution in [0.5, 0.6) is 0 Å². The highest BCUT2D eigenvalue weighted by molar-refractivity contribution is 7.92. The van der Waals surface area contributed by atoms with Gasteiger partial charge < -0.3 is 5.73 Å². The van der Waals surface area contributed by atoms with Gasteiger partial charge in [0, 0.05) is 6.42 Å². The minimum Gasteiger partial charge on any atom is -0.319 e. The third-order valence-corrected chi connectivity index (χ3v) is 5.51. The Balaban J connectivity index is 4.56. The zero-order valence-corrected chi connectivity index (χ0v) is 11.6. The van der Waals surface area contributed by atoms with Crippen molar-refractivity contribution >= 4 is 15.6 Å². The first kappa shape index (κ1) is 15.6. The quantitative estimate of drug-likeness (QED) is 0.796. The number of carbonyl (C=O) groups is 1. The molecule has 0 bridgehead atoms. The second-order valence-electron chi connectivity index (χ2n) is 5.38. The van der Waals surface area contributed by atoms with Gasteiger partial charge in [-0.25, -0.2) is 8.42 Å². The molecular weight excluding hydrogens is 226 g/mol. The summed E-state index contributed by atoms with van der Waals surface area (Å²) in [5, 5.41) is 0. The summed E-state index contributed by atoms with van der Waals surface area (Å²) in [6.07, 6.45) is 0.516. The van der Waals surface area contributed by atoms with E-state index >= 15 is 0 Å². The van der Waals surface area contributed by atoms with Gasteiger partial charge in [-0.05, 0) is 34.1 Å². The molecule has 2 N–H and O–H groups in total. The van der Waals surface area contributed by atoms with Crippen LogP contribution >= 0.6 is 0 Å². The lowest BCUT2D eigenvalue weighted by atomic mass is 9.93. The van der Waals surface area contributed by atoms with Gasteiger partial charge in [0.05, 0.1) is 16.0 Å². The monoisotopic (exact) mass is 249 g/mol. The summed E-state index contributed by atoms with van der Waals surface area (Å²) in [5.41, 5.74) is 4.84. The van der Waals surface area contributed by atoms with Crippen molar-refractivity contribution in [3.63, 3.8) is 0 Å². The molecule has 16 heavy (non-hydrogen) atoms. The third kappa shape index (κ3) is 3.87. The molecule has 4 nitrogen and oxygen atoms in total. The van der Waals surface area contributed by atoms with Crippen LogP contribution in [-0.4, -0.2) is 30.2 Å². The summed E-state index contributed by atoms with van der Waals surface area (Å²) in [5.74, 6) is -0.315. The molecule has 1 atom stereocenters. The number of ketones is 1. The van der Waals surface area contributed by atoms with E-state index in [1.165, 1.54) is 0 Å². The first-order valence-corrected chi connectivity index (χ1v) is 7.14. The molecule has 0 aliphatic carbocycles. The number of sulfone groups is 1. The maximum atomic E-state index is 11.8. The van der Waals surface area contributed by atoms with E-state index in [0.29, 0.717) is 6.42 Å². The second-order valence-corrected chi connectivity index (χ2v) is 8.24. The van der Waals surface area contributed by atoms with Gasteiger partial charge in [0.15, 0.2) is 15.6 Å². The van der Waals surface area contributed by atoms with Crippen molar-refractivity contribution in [1.29, 1.82) is 0 Å². The van der Waals surface area contributed by atoms with Crippen LogP contribution in [-0.2, 0) is 14.6 Å². The molecule has 96 valence electrons. The number of Topliss-reactive ketones (excluding diaryl/α,β-unsaturated/α-hetero) is 1. The van der Waals surface area contributed by atoms with E-state index in [1.807, 2.05) is 6.92 Å². The van der Waals surface area contributed by atoms with Crippen LogP contribution in [0, 0.1) is 0 Å². The van der Waals surface area contributed by atoms with Gasteiger partial charge in [0.1, 0.15) is 0 Å². The molecule has 0 aromatic rings. The second kappa shape index (κ2) is 4.84. The molecule has 0 spiro atoms. The molecule has 0 fully saturated rings. The molecule has 0 aromatic heterocycles. The van der Waals surface area contributed by atoms with Crippen LogP contribution in [0.2, 0.25) is 0 Å². The standard InChI is InChI=1S/C11H23NO3S/c1-6-11(5,12)9(13)7-8-16(14,15)10(2,3)4/h6-8,12H2,1-5H3. The molecule has 5 heteroatoms. The lowest BCUT2D eigenvalue weighted by Crippen LogP contribution is -2.45. The van der Waals surface area contributed by atoms with Gasteiger partial charge in [-0.3, -0.25) is 4.79 Å². The van der Waals surface area contributed by atoms with Crippen LogP contribution in [0.15, 0.2) is 0 Å². The topological polar surface area (TPSA) is 77.2 Å². The minimum atomic E-state index is -3.24. The summed E-state index contributed by atoms with van der Waals surface area (Å²) in [4.78, 5) is 11.7. The number of nitrogens with two attached hydrogens (primary N) is 1. The highest BCUT2D eigenvalue weighted by Crippen LogP contribution is 2.18. The molecule has 0 radical (unpaired) electrons. The molecule has 0 heterocycles. The Kier molecular flexibility index (Phi) is 4.71. The lowest BCUT2D eigenvalue weighted by Gasteiger charge is -2.23. The Bertz CT molecular complexity index is 350. The maximum Gasteiger partial charge on any atom is 0.155 e. The molecule has 0 aromatic carbocycles. The van der Waals surface area contributed by atoms with Gasteiger partial charge in [-0.2, -0.15) is 0 Å². The van der Waals surface area contributed by atoms with E-state index in [9.17, 15) is 13.2 Å². The summed E-state index contributed by atoms with van der Waals surface area (Å²) in [6.45, 7) is 8.35. The molecular formula is C11H23NO3S. The summed E-state index contributed by atoms with van der Waals surface area (Å²) >= 11 is 0. The van der Waals surface area contributed by atoms with Gasteiger partial charge >= 0.3 is 0 Å². The van der Waals surface area contributed by atoms with Crippen LogP contribution in [0.4, 0.5) is 0 Å². The zero-order chi connectivity index (χ0) is 13.2. The van der Waals surface area contributed by atoms with Gasteiger partial charge in [-0.1, -0.05) is 6.92 Å². The highest BCUT2D eigenvalue weighted by atomic mass is 32.2. The third-order valence-electron chi connectivity index (χ3n) is 2.90. The van der Waals surface area contributed by atoms with E-state index in [1.54, 1.807) is 27.7 Å². The van der Waals surface area contributed by atoms with Gasteiger partial charge in [0.25, 0.3) is 0 Å². The smallest absolute Gasteiger partial charge is 0.155 e. The number of hydrogen-bond donors (Lipinski definition) is 1. The molecule has 1 unspecified atom stereocenters. The van der Waals surface area contributed by atoms with Crippen LogP contribution in [0.25, 0.3) is 0 Å². The zero-order valence-electron chi connectivity index (χ0n) is 10.8. The van der Waals surface area contributed by atoms with Gasteiger partial charge in [0.2, 0.25) is 0 Å². The fourth-order valence-electron chi connectivity index (χ4n) is 1.02. The fourth-order valence-corrected chi connectivity index (χ4v) is 2.08. The largest absolute Gasteiger partial charge is 0.319 e. The van der Waals surface area contributed by atoms with Crippen molar-refractivity contribution in [2.75, 3.05) is 5.75 Å². The fraction of sp³-hybridized carbons (Fsp3) is 0.909. The van der Waals surface area contributed by atoms with E-state index in [2.05, 4.69) is 0 Å². The number of rotatable bonds is 5. The average molecular weight is 249 g/mol. The summed E-state index contributed by atoms with van der Waals surface area (Å²) in [6, 6.07) is 0. The Hall–Kier alpha value is -0.420. The first-order chi connectivity index (χ1) is 6.94. The summed E-state index contributed by atoms with van der Waals surface area (Å²) < 4.78 is 22.7. The van der Waals surface area contributed by atoms with Crippen molar-refractivity contribution in [1.82, 2.24) is 0 Å². The first-order valence-electron chi connectivity index (χ1n) is 5.48. The molecule has 0 aliphatic heterocycles. The van der Waals surface area contributed by atoms with Crippen LogP contribution in [0.3, 0.4) is 0 Å². The number of carbonyl (C=O) groups excluding carboxylic acids is 1. The van der Waals surface area contributed by atoms with E-state index in [0.717, 1.165) is 0 Å². The maximum absolute atomic E-state index is 11.8. The molecule has 0 saturated heterocycles. The van der Waals surface area contributed by atoms with Crippen molar-refractivity contribution in [2.45, 2.75) is 57.7 Å². The van der Waals surface area contributed by atoms with Crippen molar-refractivity contribution in [3.8, 4) is 0 Å². The SMILES string of the molecule is CCC(C)(N)C(=O)CCS(=O)(=O)C(C)(C)C. The molecule has 0 amide bonds. The Morgan fingerprint density at radius 2 is 1.62 bits per heavy atom. The summed E-state index contributed by atoms with van der Waals surface area (Å²) in [7, 11) is -3.24. The normalized spacial score (nSPS) is 16.9. The van der Waals surface area contributed by atoms with Gasteiger partial charge in [-0.15, -0.1) is 0 Å². The minimum absolute atomic E-state index is 0.000440. The lowest BCUT2D eigenvalue weighted by molar-refractivity contribution is -0.123. The Morgan fingerprint density at radius 3 is 1.94 bits per heavy atom. The average Bonchev–Trinajstić information content (AvgIpc) is 2.12. The van der Waals surface area contributed by atoms with E-state index in [-0.39, 0.29) is 18.0 Å². The molecule has 0 saturated carbocycles. The highest BCUT2D eigenvalue weighted by Gasteiger charge is 2.32. The Morgan fingerprint density at radius 1 is 1.19 bits per heavy atom. The van der Waals surface area contributed by atoms with E-state index in [4.69, 9.17) is 5.73 Å². The van der Waals surface area contributed by atoms with Crippen molar-refractivity contribution in [3.05, 3.63) is 0 Å². The van der Waals surface area contributed by atoms with Crippen molar-refractivity contribution in [2.24, 2.45) is 5.73 Å². The molecule has 0 aliphatic rings. The van der Waals surface area contributed by atoms with E-state index < -0.39 is 20.1 Å². The van der Waals surface area contributed by atoms with Crippen molar-refractivity contribution < 1.29 is 13.2 Å². The predicted octanol–water partition coefficient (Wildman–Crippen LogP) is 1.29. The number of hydrogen-bond acceptors (Lipinski definition) is 4. The predicted molar refractivity (Wildman–Crippen MR) is 66.0 cm³/mol. The Labute approximate surface area is 98.5 Å². The van der Waals surface area contributed by atoms with Crippen LogP contribution in [0.1, 0.15) is 47.5 Å².